The van der Waals surface area contributed by atoms with Crippen LogP contribution in [-0.2, 0) is 5.41 Å². The largest absolute Gasteiger partial charge is 0.0616 e. The topological polar surface area (TPSA) is 0 Å². The van der Waals surface area contributed by atoms with Gasteiger partial charge in [-0.3, -0.25) is 0 Å². The minimum absolute atomic E-state index is 0.133. The molecule has 11 rings (SSSR count). The summed E-state index contributed by atoms with van der Waals surface area (Å²) in [6, 6.07) is 67.9. The minimum Gasteiger partial charge on any atom is -0.0616 e. The first-order valence-corrected chi connectivity index (χ1v) is 18.7. The molecule has 0 saturated carbocycles. The summed E-state index contributed by atoms with van der Waals surface area (Å²) < 4.78 is 0. The monoisotopic (exact) mass is 672 g/mol. The van der Waals surface area contributed by atoms with Gasteiger partial charge < -0.3 is 0 Å². The molecule has 0 heteroatoms. The maximum Gasteiger partial charge on any atom is 0.0165 e. The van der Waals surface area contributed by atoms with Crippen molar-refractivity contribution in [1.82, 2.24) is 0 Å². The van der Waals surface area contributed by atoms with E-state index < -0.39 is 0 Å². The van der Waals surface area contributed by atoms with E-state index in [0.717, 1.165) is 0 Å². The average Bonchev–Trinajstić information content (AvgIpc) is 3.46. The van der Waals surface area contributed by atoms with Gasteiger partial charge in [0, 0.05) is 5.41 Å². The van der Waals surface area contributed by atoms with Crippen LogP contribution in [0.3, 0.4) is 0 Å². The zero-order valence-corrected chi connectivity index (χ0v) is 29.8. The SMILES string of the molecule is CC1(C)c2ccc3ccccc3c2-c2cccc(-c3cccc(-c4c5ccccc5c(-c5cccc6c5ccc5ccccc56)c5ccccc45)c3)c21. The van der Waals surface area contributed by atoms with E-state index in [1.165, 1.54) is 109 Å². The molecule has 0 aromatic heterocycles. The van der Waals surface area contributed by atoms with Gasteiger partial charge in [-0.1, -0.05) is 190 Å². The van der Waals surface area contributed by atoms with E-state index in [1.807, 2.05) is 0 Å². The molecule has 0 radical (unpaired) electrons. The molecule has 0 aliphatic heterocycles. The van der Waals surface area contributed by atoms with Crippen molar-refractivity contribution >= 4 is 53.9 Å². The fourth-order valence-electron chi connectivity index (χ4n) is 9.72. The predicted molar refractivity (Wildman–Crippen MR) is 228 cm³/mol. The fraction of sp³-hybridized carbons (Fsp3) is 0.0566. The van der Waals surface area contributed by atoms with Crippen molar-refractivity contribution in [3.8, 4) is 44.5 Å². The summed E-state index contributed by atoms with van der Waals surface area (Å²) in [5, 5.41) is 12.9. The fourth-order valence-corrected chi connectivity index (χ4v) is 9.72. The summed E-state index contributed by atoms with van der Waals surface area (Å²) in [6.07, 6.45) is 0. The molecule has 53 heavy (non-hydrogen) atoms. The Balaban J connectivity index is 1.15. The molecule has 1 aliphatic carbocycles. The van der Waals surface area contributed by atoms with Gasteiger partial charge in [0.05, 0.1) is 0 Å². The van der Waals surface area contributed by atoms with Crippen molar-refractivity contribution in [3.05, 3.63) is 193 Å². The molecule has 0 heterocycles. The predicted octanol–water partition coefficient (Wildman–Crippen LogP) is 14.8. The van der Waals surface area contributed by atoms with Crippen LogP contribution >= 0.6 is 0 Å². The highest BCUT2D eigenvalue weighted by molar-refractivity contribution is 6.25. The summed E-state index contributed by atoms with van der Waals surface area (Å²) in [4.78, 5) is 0. The van der Waals surface area contributed by atoms with E-state index >= 15 is 0 Å². The Hall–Kier alpha value is -6.50. The Bertz CT molecular complexity index is 3080. The van der Waals surface area contributed by atoms with Crippen LogP contribution in [0, 0.1) is 0 Å². The zero-order valence-electron chi connectivity index (χ0n) is 29.8. The average molecular weight is 673 g/mol. The van der Waals surface area contributed by atoms with Crippen LogP contribution in [0.15, 0.2) is 182 Å². The molecule has 10 aromatic carbocycles. The van der Waals surface area contributed by atoms with Crippen LogP contribution in [0.2, 0.25) is 0 Å². The maximum absolute atomic E-state index is 2.44. The van der Waals surface area contributed by atoms with Gasteiger partial charge in [0.2, 0.25) is 0 Å². The van der Waals surface area contributed by atoms with Crippen LogP contribution < -0.4 is 0 Å². The van der Waals surface area contributed by atoms with Gasteiger partial charge in [-0.2, -0.15) is 0 Å². The second kappa shape index (κ2) is 11.2. The molecule has 248 valence electrons. The number of hydrogen-bond donors (Lipinski definition) is 0. The van der Waals surface area contributed by atoms with Gasteiger partial charge in [-0.15, -0.1) is 0 Å². The Kier molecular flexibility index (Phi) is 6.40. The van der Waals surface area contributed by atoms with Crippen molar-refractivity contribution in [2.24, 2.45) is 0 Å². The Morgan fingerprint density at radius 1 is 0.302 bits per heavy atom. The van der Waals surface area contributed by atoms with Crippen LogP contribution in [-0.4, -0.2) is 0 Å². The molecule has 0 spiro atoms. The summed E-state index contributed by atoms with van der Waals surface area (Å²) in [5.74, 6) is 0. The van der Waals surface area contributed by atoms with Crippen molar-refractivity contribution in [1.29, 1.82) is 0 Å². The van der Waals surface area contributed by atoms with Crippen LogP contribution in [0.4, 0.5) is 0 Å². The van der Waals surface area contributed by atoms with Crippen LogP contribution in [0.1, 0.15) is 25.0 Å². The van der Waals surface area contributed by atoms with Crippen molar-refractivity contribution < 1.29 is 0 Å². The number of benzene rings is 10. The van der Waals surface area contributed by atoms with Crippen LogP contribution in [0.25, 0.3) is 98.4 Å². The second-order valence-electron chi connectivity index (χ2n) is 15.2. The molecule has 0 atom stereocenters. The van der Waals surface area contributed by atoms with E-state index in [-0.39, 0.29) is 5.41 Å². The third-order valence-electron chi connectivity index (χ3n) is 12.0. The van der Waals surface area contributed by atoms with E-state index in [0.29, 0.717) is 0 Å². The lowest BCUT2D eigenvalue weighted by molar-refractivity contribution is 0.662. The second-order valence-corrected chi connectivity index (χ2v) is 15.2. The molecule has 0 N–H and O–H groups in total. The smallest absolute Gasteiger partial charge is 0.0165 e. The lowest BCUT2D eigenvalue weighted by atomic mass is 9.78. The normalized spacial score (nSPS) is 13.2. The summed E-state index contributed by atoms with van der Waals surface area (Å²) in [5.41, 5.74) is 13.1. The number of fused-ring (bicyclic) bond motifs is 10. The van der Waals surface area contributed by atoms with Crippen LogP contribution in [0.5, 0.6) is 0 Å². The van der Waals surface area contributed by atoms with Gasteiger partial charge in [0.25, 0.3) is 0 Å². The highest BCUT2D eigenvalue weighted by Gasteiger charge is 2.38. The number of hydrogen-bond acceptors (Lipinski definition) is 0. The first-order chi connectivity index (χ1) is 26.1. The van der Waals surface area contributed by atoms with E-state index in [9.17, 15) is 0 Å². The highest BCUT2D eigenvalue weighted by atomic mass is 14.4. The van der Waals surface area contributed by atoms with E-state index in [4.69, 9.17) is 0 Å². The molecular formula is C53H36. The van der Waals surface area contributed by atoms with Gasteiger partial charge >= 0.3 is 0 Å². The lowest BCUT2D eigenvalue weighted by Gasteiger charge is -2.25. The van der Waals surface area contributed by atoms with Gasteiger partial charge in [0.15, 0.2) is 0 Å². The van der Waals surface area contributed by atoms with E-state index in [1.54, 1.807) is 0 Å². The Morgan fingerprint density at radius 3 is 1.55 bits per heavy atom. The Morgan fingerprint density at radius 2 is 0.811 bits per heavy atom. The molecule has 0 nitrogen and oxygen atoms in total. The molecule has 0 bridgehead atoms. The standard InChI is InChI=1S/C53H36/c1-53(2)48-31-29-34-15-4-6-19-38(34)51(48)47-27-12-24-39(52(47)53)35-16-11-17-36(32-35)49-43-20-7-9-22-45(43)50(46-23-10-8-21-44(46)49)42-26-13-25-40-37-18-5-3-14-33(37)28-30-41(40)42/h3-32H,1-2H3. The van der Waals surface area contributed by atoms with Gasteiger partial charge in [0.1, 0.15) is 0 Å². The highest BCUT2D eigenvalue weighted by Crippen LogP contribution is 2.54. The summed E-state index contributed by atoms with van der Waals surface area (Å²) in [6.45, 7) is 4.80. The van der Waals surface area contributed by atoms with Crippen molar-refractivity contribution in [3.63, 3.8) is 0 Å². The van der Waals surface area contributed by atoms with Gasteiger partial charge in [-0.05, 0) is 116 Å². The third kappa shape index (κ3) is 4.30. The van der Waals surface area contributed by atoms with E-state index in [2.05, 4.69) is 196 Å². The molecule has 0 fully saturated rings. The molecule has 1 aliphatic rings. The van der Waals surface area contributed by atoms with Crippen molar-refractivity contribution in [2.45, 2.75) is 19.3 Å². The molecule has 0 saturated heterocycles. The molecule has 10 aromatic rings. The third-order valence-corrected chi connectivity index (χ3v) is 12.0. The van der Waals surface area contributed by atoms with Gasteiger partial charge in [-0.25, -0.2) is 0 Å². The Labute approximate surface area is 309 Å². The summed E-state index contributed by atoms with van der Waals surface area (Å²) in [7, 11) is 0. The lowest BCUT2D eigenvalue weighted by Crippen LogP contribution is -2.16. The minimum atomic E-state index is -0.133. The van der Waals surface area contributed by atoms with Crippen molar-refractivity contribution in [2.75, 3.05) is 0 Å². The first kappa shape index (κ1) is 30.2. The first-order valence-electron chi connectivity index (χ1n) is 18.7. The summed E-state index contributed by atoms with van der Waals surface area (Å²) >= 11 is 0. The quantitative estimate of drug-likeness (QED) is 0.129. The molecule has 0 amide bonds. The molecular weight excluding hydrogens is 637 g/mol. The molecule has 0 unspecified atom stereocenters. The zero-order chi connectivity index (χ0) is 35.3. The number of rotatable bonds is 3. The maximum atomic E-state index is 2.44.